The Kier molecular flexibility index (Phi) is 3.73. The van der Waals surface area contributed by atoms with Crippen molar-refractivity contribution < 1.29 is 14.3 Å². The lowest BCUT2D eigenvalue weighted by Crippen LogP contribution is -2.60. The van der Waals surface area contributed by atoms with E-state index >= 15 is 0 Å². The van der Waals surface area contributed by atoms with Gasteiger partial charge < -0.3 is 9.64 Å². The van der Waals surface area contributed by atoms with E-state index in [1.54, 1.807) is 9.80 Å². The van der Waals surface area contributed by atoms with Crippen molar-refractivity contribution in [2.24, 2.45) is 0 Å². The Morgan fingerprint density at radius 3 is 2.92 bits per heavy atom. The predicted molar refractivity (Wildman–Crippen MR) is 86.8 cm³/mol. The monoisotopic (exact) mass is 332 g/mol. The lowest BCUT2D eigenvalue weighted by atomic mass is 9.87. The van der Waals surface area contributed by atoms with E-state index in [-0.39, 0.29) is 12.0 Å². The summed E-state index contributed by atoms with van der Waals surface area (Å²) in [5, 5.41) is 7.33. The number of aromatic amines is 1. The summed E-state index contributed by atoms with van der Waals surface area (Å²) in [5.41, 5.74) is 1.15. The van der Waals surface area contributed by atoms with Crippen LogP contribution in [-0.2, 0) is 4.74 Å². The Hall–Kier alpha value is -2.05. The number of H-pyrrole nitrogens is 1. The van der Waals surface area contributed by atoms with Gasteiger partial charge in [-0.15, -0.1) is 0 Å². The van der Waals surface area contributed by atoms with E-state index in [2.05, 4.69) is 10.2 Å². The van der Waals surface area contributed by atoms with Crippen molar-refractivity contribution in [3.05, 3.63) is 17.5 Å². The van der Waals surface area contributed by atoms with Gasteiger partial charge in [0.05, 0.1) is 5.54 Å². The maximum atomic E-state index is 12.8. The topological polar surface area (TPSA) is 78.5 Å². The molecule has 7 heteroatoms. The van der Waals surface area contributed by atoms with E-state index in [9.17, 15) is 9.59 Å². The first-order valence-electron chi connectivity index (χ1n) is 8.86. The normalized spacial score (nSPS) is 28.0. The van der Waals surface area contributed by atoms with Crippen molar-refractivity contribution in [1.82, 2.24) is 20.0 Å². The number of ether oxygens (including phenoxy) is 1. The van der Waals surface area contributed by atoms with Crippen LogP contribution in [0, 0.1) is 0 Å². The first-order valence-corrected chi connectivity index (χ1v) is 8.86. The minimum Gasteiger partial charge on any atom is -0.447 e. The molecule has 1 aromatic heterocycles. The number of nitrogens with zero attached hydrogens (tertiary/aromatic N) is 3. The van der Waals surface area contributed by atoms with E-state index < -0.39 is 5.54 Å². The van der Waals surface area contributed by atoms with Crippen molar-refractivity contribution in [2.75, 3.05) is 26.2 Å². The molecule has 24 heavy (non-hydrogen) atoms. The lowest BCUT2D eigenvalue weighted by molar-refractivity contribution is 0.0428. The summed E-state index contributed by atoms with van der Waals surface area (Å²) in [6.45, 7) is 3.83. The summed E-state index contributed by atoms with van der Waals surface area (Å²) in [5.74, 6) is 0.441. The number of carbonyl (C=O) groups is 2. The fraction of sp³-hybridized carbons (Fsp3) is 0.706. The molecule has 1 saturated carbocycles. The molecular weight excluding hydrogens is 308 g/mol. The van der Waals surface area contributed by atoms with Gasteiger partial charge in [0, 0.05) is 31.2 Å². The quantitative estimate of drug-likeness (QED) is 0.900. The third-order valence-electron chi connectivity index (χ3n) is 5.65. The standard InChI is InChI=1S/C17H24N4O3/c1-17-10-20(7-8-21(17)16(23)24-11-17)15(22)14-9-13(18-19-14)12-5-3-2-4-6-12/h9,12H,2-8,10-11H2,1H3,(H,18,19). The molecule has 7 nitrogen and oxygen atoms in total. The van der Waals surface area contributed by atoms with Gasteiger partial charge in [0.15, 0.2) is 0 Å². The van der Waals surface area contributed by atoms with Gasteiger partial charge in [-0.05, 0) is 25.8 Å². The first-order chi connectivity index (χ1) is 11.6. The van der Waals surface area contributed by atoms with Crippen molar-refractivity contribution in [3.8, 4) is 0 Å². The number of fused-ring (bicyclic) bond motifs is 1. The molecule has 1 atom stereocenters. The number of piperazine rings is 1. The number of hydrogen-bond acceptors (Lipinski definition) is 4. The summed E-state index contributed by atoms with van der Waals surface area (Å²) >= 11 is 0. The molecule has 130 valence electrons. The molecule has 2 amide bonds. The van der Waals surface area contributed by atoms with Gasteiger partial charge in [0.1, 0.15) is 12.3 Å². The number of carbonyl (C=O) groups excluding carboxylic acids is 2. The second-order valence-corrected chi connectivity index (χ2v) is 7.47. The Bertz CT molecular complexity index is 652. The van der Waals surface area contributed by atoms with Crippen molar-refractivity contribution in [3.63, 3.8) is 0 Å². The molecule has 4 rings (SSSR count). The summed E-state index contributed by atoms with van der Waals surface area (Å²) < 4.78 is 5.15. The predicted octanol–water partition coefficient (Wildman–Crippen LogP) is 2.12. The van der Waals surface area contributed by atoms with Crippen molar-refractivity contribution in [1.29, 1.82) is 0 Å². The van der Waals surface area contributed by atoms with Crippen LogP contribution < -0.4 is 0 Å². The molecule has 1 N–H and O–H groups in total. The highest BCUT2D eigenvalue weighted by molar-refractivity contribution is 5.92. The zero-order valence-corrected chi connectivity index (χ0v) is 14.1. The second kappa shape index (κ2) is 5.79. The Labute approximate surface area is 141 Å². The van der Waals surface area contributed by atoms with Crippen LogP contribution in [0.2, 0.25) is 0 Å². The lowest BCUT2D eigenvalue weighted by Gasteiger charge is -2.42. The van der Waals surface area contributed by atoms with Crippen LogP contribution >= 0.6 is 0 Å². The van der Waals surface area contributed by atoms with Gasteiger partial charge in [0.25, 0.3) is 5.91 Å². The third kappa shape index (κ3) is 2.56. The van der Waals surface area contributed by atoms with E-state index in [1.165, 1.54) is 32.1 Å². The molecule has 0 radical (unpaired) electrons. The minimum absolute atomic E-state index is 0.0615. The zero-order valence-electron chi connectivity index (χ0n) is 14.1. The number of rotatable bonds is 2. The highest BCUT2D eigenvalue weighted by Gasteiger charge is 2.48. The molecule has 3 aliphatic rings. The third-order valence-corrected chi connectivity index (χ3v) is 5.65. The number of cyclic esters (lactones) is 1. The summed E-state index contributed by atoms with van der Waals surface area (Å²) in [6.07, 6.45) is 5.88. The maximum Gasteiger partial charge on any atom is 0.410 e. The Morgan fingerprint density at radius 1 is 1.33 bits per heavy atom. The van der Waals surface area contributed by atoms with Crippen LogP contribution in [0.4, 0.5) is 4.79 Å². The Balaban J connectivity index is 1.46. The Morgan fingerprint density at radius 2 is 2.12 bits per heavy atom. The zero-order chi connectivity index (χ0) is 16.7. The van der Waals surface area contributed by atoms with Gasteiger partial charge in [-0.2, -0.15) is 5.10 Å². The molecule has 3 fully saturated rings. The molecule has 0 aromatic carbocycles. The van der Waals surface area contributed by atoms with Crippen LogP contribution in [0.3, 0.4) is 0 Å². The van der Waals surface area contributed by atoms with Gasteiger partial charge in [0.2, 0.25) is 0 Å². The van der Waals surface area contributed by atoms with Gasteiger partial charge in [-0.25, -0.2) is 4.79 Å². The van der Waals surface area contributed by atoms with Crippen LogP contribution in [0.15, 0.2) is 6.07 Å². The molecule has 1 aliphatic carbocycles. The average molecular weight is 332 g/mol. The number of amides is 2. The summed E-state index contributed by atoms with van der Waals surface area (Å²) in [7, 11) is 0. The molecule has 3 heterocycles. The van der Waals surface area contributed by atoms with Gasteiger partial charge >= 0.3 is 6.09 Å². The SMILES string of the molecule is CC12COC(=O)N1CCN(C(=O)c1cc(C3CCCCC3)[nH]n1)C2. The molecule has 0 bridgehead atoms. The number of hydrogen-bond donors (Lipinski definition) is 1. The molecule has 1 unspecified atom stereocenters. The first kappa shape index (κ1) is 15.5. The van der Waals surface area contributed by atoms with Crippen LogP contribution in [0.1, 0.15) is 61.1 Å². The number of aromatic nitrogens is 2. The highest BCUT2D eigenvalue weighted by Crippen LogP contribution is 2.32. The average Bonchev–Trinajstić information content (AvgIpc) is 3.20. The van der Waals surface area contributed by atoms with E-state index in [0.29, 0.717) is 37.9 Å². The van der Waals surface area contributed by atoms with Crippen LogP contribution in [0.25, 0.3) is 0 Å². The van der Waals surface area contributed by atoms with E-state index in [4.69, 9.17) is 4.74 Å². The molecule has 2 saturated heterocycles. The van der Waals surface area contributed by atoms with Crippen molar-refractivity contribution in [2.45, 2.75) is 50.5 Å². The minimum atomic E-state index is -0.423. The van der Waals surface area contributed by atoms with Gasteiger partial charge in [-0.3, -0.25) is 14.8 Å². The largest absolute Gasteiger partial charge is 0.447 e. The van der Waals surface area contributed by atoms with Crippen molar-refractivity contribution >= 4 is 12.0 Å². The molecule has 2 aliphatic heterocycles. The highest BCUT2D eigenvalue weighted by atomic mass is 16.6. The molecular formula is C17H24N4O3. The van der Waals surface area contributed by atoms with E-state index in [1.807, 2.05) is 13.0 Å². The summed E-state index contributed by atoms with van der Waals surface area (Å²) in [6, 6.07) is 1.92. The van der Waals surface area contributed by atoms with E-state index in [0.717, 1.165) is 5.69 Å². The maximum absolute atomic E-state index is 12.8. The molecule has 1 aromatic rings. The smallest absolute Gasteiger partial charge is 0.410 e. The fourth-order valence-corrected chi connectivity index (χ4v) is 4.20. The fourth-order valence-electron chi connectivity index (χ4n) is 4.20. The van der Waals surface area contributed by atoms with Crippen LogP contribution in [-0.4, -0.2) is 63.8 Å². The second-order valence-electron chi connectivity index (χ2n) is 7.47. The summed E-state index contributed by atoms with van der Waals surface area (Å²) in [4.78, 5) is 28.1. The molecule has 0 spiro atoms. The van der Waals surface area contributed by atoms with Crippen LogP contribution in [0.5, 0.6) is 0 Å². The number of nitrogens with one attached hydrogen (secondary N) is 1. The van der Waals surface area contributed by atoms with Gasteiger partial charge in [-0.1, -0.05) is 19.3 Å².